The Morgan fingerprint density at radius 2 is 1.50 bits per heavy atom. The van der Waals surface area contributed by atoms with Crippen LogP contribution in [0.1, 0.15) is 41.6 Å². The number of rotatable bonds is 15. The van der Waals surface area contributed by atoms with Gasteiger partial charge in [0.25, 0.3) is 10.2 Å². The van der Waals surface area contributed by atoms with E-state index < -0.39 is 28.0 Å². The van der Waals surface area contributed by atoms with Crippen LogP contribution < -0.4 is 20.5 Å². The van der Waals surface area contributed by atoms with Gasteiger partial charge in [-0.3, -0.25) is 9.59 Å². The molecular formula is C22H22N4O11S. The van der Waals surface area contributed by atoms with Gasteiger partial charge in [0.2, 0.25) is 5.91 Å². The number of carbonyl (C=O) groups is 3. The van der Waals surface area contributed by atoms with E-state index in [0.29, 0.717) is 5.56 Å². The molecule has 38 heavy (non-hydrogen) atoms. The van der Waals surface area contributed by atoms with E-state index in [1.807, 2.05) is 0 Å². The van der Waals surface area contributed by atoms with Crippen molar-refractivity contribution >= 4 is 40.7 Å². The Kier molecular flexibility index (Phi) is 11.3. The molecule has 1 amide bonds. The Balaban J connectivity index is 2.15. The number of hydrogen-bond acceptors (Lipinski definition) is 12. The van der Waals surface area contributed by atoms with Crippen LogP contribution in [0, 0.1) is 20.2 Å². The number of thiocarbonyl (C=S) groups is 1. The third kappa shape index (κ3) is 10.4. The summed E-state index contributed by atoms with van der Waals surface area (Å²) in [5, 5.41) is 20.9. The molecule has 16 heteroatoms. The average molecular weight is 551 g/mol. The van der Waals surface area contributed by atoms with Crippen LogP contribution in [-0.4, -0.2) is 46.2 Å². The number of esters is 2. The van der Waals surface area contributed by atoms with Crippen molar-refractivity contribution in [2.75, 3.05) is 18.5 Å². The predicted octanol–water partition coefficient (Wildman–Crippen LogP) is 2.36. The number of anilines is 1. The number of benzene rings is 2. The average Bonchev–Trinajstić information content (AvgIpc) is 2.84. The fourth-order valence-corrected chi connectivity index (χ4v) is 2.96. The molecule has 0 saturated carbocycles. The van der Waals surface area contributed by atoms with E-state index in [0.717, 1.165) is 0 Å². The number of nitrogens with one attached hydrogen (secondary N) is 1. The molecule has 0 radical (unpaired) electrons. The molecule has 0 unspecified atom stereocenters. The standard InChI is InChI=1S/C22H22N4O11S/c23-21(38)14-5-8-16(9-6-14)36-22(29)17-10-7-15(24-19(27)3-1-11-34-25(30)31)13-18(17)37-20(28)4-2-12-35-26(32)33/h5-10,13H,1-4,11-12H2,(H2,23,38)(H,24,27). The second-order valence-corrected chi connectivity index (χ2v) is 7.77. The monoisotopic (exact) mass is 550 g/mol. The van der Waals surface area contributed by atoms with Gasteiger partial charge >= 0.3 is 11.9 Å². The molecule has 0 fully saturated rings. The summed E-state index contributed by atoms with van der Waals surface area (Å²) < 4.78 is 10.6. The lowest BCUT2D eigenvalue weighted by molar-refractivity contribution is -0.757. The highest BCUT2D eigenvalue weighted by Crippen LogP contribution is 2.26. The zero-order valence-electron chi connectivity index (χ0n) is 19.7. The third-order valence-electron chi connectivity index (χ3n) is 4.53. The third-order valence-corrected chi connectivity index (χ3v) is 4.76. The molecular weight excluding hydrogens is 528 g/mol. The van der Waals surface area contributed by atoms with E-state index in [4.69, 9.17) is 27.4 Å². The van der Waals surface area contributed by atoms with Gasteiger partial charge in [-0.25, -0.2) is 4.79 Å². The largest absolute Gasteiger partial charge is 0.426 e. The van der Waals surface area contributed by atoms with Gasteiger partial charge in [0, 0.05) is 30.2 Å². The zero-order valence-corrected chi connectivity index (χ0v) is 20.5. The molecule has 202 valence electrons. The van der Waals surface area contributed by atoms with E-state index in [9.17, 15) is 34.6 Å². The Labute approximate surface area is 220 Å². The topological polar surface area (TPSA) is 212 Å². The van der Waals surface area contributed by atoms with E-state index in [1.165, 1.54) is 30.3 Å². The molecule has 15 nitrogen and oxygen atoms in total. The van der Waals surface area contributed by atoms with Crippen molar-refractivity contribution in [1.82, 2.24) is 0 Å². The lowest BCUT2D eigenvalue weighted by atomic mass is 10.1. The zero-order chi connectivity index (χ0) is 28.1. The van der Waals surface area contributed by atoms with Gasteiger partial charge in [0.1, 0.15) is 22.1 Å². The van der Waals surface area contributed by atoms with Gasteiger partial charge in [-0.1, -0.05) is 12.2 Å². The Hall–Kier alpha value is -4.86. The second-order valence-electron chi connectivity index (χ2n) is 7.33. The number of amides is 1. The van der Waals surface area contributed by atoms with E-state index in [1.54, 1.807) is 12.1 Å². The number of nitrogens with zero attached hydrogens (tertiary/aromatic N) is 2. The van der Waals surface area contributed by atoms with E-state index in [2.05, 4.69) is 15.0 Å². The quantitative estimate of drug-likeness (QED) is 0.0814. The highest BCUT2D eigenvalue weighted by molar-refractivity contribution is 7.80. The van der Waals surface area contributed by atoms with Gasteiger partial charge in [0.05, 0.1) is 13.2 Å². The number of nitrogens with two attached hydrogens (primary N) is 1. The smallest absolute Gasteiger partial charge is 0.347 e. The Morgan fingerprint density at radius 3 is 2.08 bits per heavy atom. The Morgan fingerprint density at radius 1 is 0.895 bits per heavy atom. The molecule has 2 aromatic rings. The van der Waals surface area contributed by atoms with Gasteiger partial charge in [-0.05, 0) is 49.2 Å². The number of ether oxygens (including phenoxy) is 2. The first kappa shape index (κ1) is 29.4. The summed E-state index contributed by atoms with van der Waals surface area (Å²) in [7, 11) is 0. The van der Waals surface area contributed by atoms with Crippen molar-refractivity contribution in [1.29, 1.82) is 0 Å². The summed E-state index contributed by atoms with van der Waals surface area (Å²) in [6, 6.07) is 9.86. The first-order chi connectivity index (χ1) is 18.0. The molecule has 0 saturated heterocycles. The molecule has 2 rings (SSSR count). The molecule has 0 bridgehead atoms. The van der Waals surface area contributed by atoms with Gasteiger partial charge in [-0.15, -0.1) is 20.2 Å². The predicted molar refractivity (Wildman–Crippen MR) is 132 cm³/mol. The molecule has 2 aromatic carbocycles. The van der Waals surface area contributed by atoms with Gasteiger partial charge in [0.15, 0.2) is 0 Å². The van der Waals surface area contributed by atoms with Crippen LogP contribution in [-0.2, 0) is 19.3 Å². The van der Waals surface area contributed by atoms with Crippen molar-refractivity contribution in [2.45, 2.75) is 25.7 Å². The van der Waals surface area contributed by atoms with E-state index in [-0.39, 0.29) is 66.6 Å². The molecule has 3 N–H and O–H groups in total. The first-order valence-electron chi connectivity index (χ1n) is 10.9. The number of hydrogen-bond donors (Lipinski definition) is 2. The first-order valence-corrected chi connectivity index (χ1v) is 11.3. The van der Waals surface area contributed by atoms with Crippen molar-refractivity contribution in [2.24, 2.45) is 5.73 Å². The van der Waals surface area contributed by atoms with Crippen LogP contribution in [0.25, 0.3) is 0 Å². The van der Waals surface area contributed by atoms with Gasteiger partial charge in [-0.2, -0.15) is 0 Å². The van der Waals surface area contributed by atoms with Gasteiger partial charge < -0.3 is 30.2 Å². The molecule has 0 spiro atoms. The van der Waals surface area contributed by atoms with Crippen LogP contribution in [0.2, 0.25) is 0 Å². The SMILES string of the molecule is NC(=S)c1ccc(OC(=O)c2ccc(NC(=O)CCCO[N+](=O)[O-])cc2OC(=O)CCCO[N+](=O)[O-])cc1. The fourth-order valence-electron chi connectivity index (χ4n) is 2.83. The molecule has 0 aliphatic carbocycles. The summed E-state index contributed by atoms with van der Waals surface area (Å²) in [5.41, 5.74) is 6.10. The molecule has 0 aliphatic rings. The van der Waals surface area contributed by atoms with Crippen LogP contribution in [0.15, 0.2) is 42.5 Å². The highest BCUT2D eigenvalue weighted by Gasteiger charge is 2.19. The molecule has 0 atom stereocenters. The highest BCUT2D eigenvalue weighted by atomic mass is 32.1. The Bertz CT molecular complexity index is 1200. The van der Waals surface area contributed by atoms with Crippen molar-refractivity contribution in [3.63, 3.8) is 0 Å². The normalized spacial score (nSPS) is 10.1. The van der Waals surface area contributed by atoms with Crippen molar-refractivity contribution in [3.05, 3.63) is 73.8 Å². The lowest BCUT2D eigenvalue weighted by Gasteiger charge is -2.13. The van der Waals surface area contributed by atoms with Crippen molar-refractivity contribution in [3.8, 4) is 11.5 Å². The molecule has 0 aliphatic heterocycles. The minimum atomic E-state index is -0.997. The maximum Gasteiger partial charge on any atom is 0.347 e. The summed E-state index contributed by atoms with van der Waals surface area (Å²) in [6.45, 7) is -0.609. The molecule has 0 aromatic heterocycles. The summed E-state index contributed by atoms with van der Waals surface area (Å²) in [5.74, 6) is -2.32. The summed E-state index contributed by atoms with van der Waals surface area (Å²) in [4.78, 5) is 66.1. The van der Waals surface area contributed by atoms with Crippen LogP contribution in [0.3, 0.4) is 0 Å². The number of carbonyl (C=O) groups excluding carboxylic acids is 3. The fraction of sp³-hybridized carbons (Fsp3) is 0.273. The molecule has 0 heterocycles. The maximum absolute atomic E-state index is 12.8. The minimum Gasteiger partial charge on any atom is -0.426 e. The minimum absolute atomic E-state index is 0.0302. The van der Waals surface area contributed by atoms with E-state index >= 15 is 0 Å². The van der Waals surface area contributed by atoms with Crippen molar-refractivity contribution < 1.29 is 43.7 Å². The summed E-state index contributed by atoms with van der Waals surface area (Å²) >= 11 is 4.88. The second kappa shape index (κ2) is 14.6. The van der Waals surface area contributed by atoms with Crippen LogP contribution >= 0.6 is 12.2 Å². The van der Waals surface area contributed by atoms with Crippen LogP contribution in [0.4, 0.5) is 5.69 Å². The summed E-state index contributed by atoms with van der Waals surface area (Å²) in [6.07, 6.45) is -0.336. The van der Waals surface area contributed by atoms with Crippen LogP contribution in [0.5, 0.6) is 11.5 Å². The lowest BCUT2D eigenvalue weighted by Crippen LogP contribution is -2.17. The maximum atomic E-state index is 12.8.